The van der Waals surface area contributed by atoms with Crippen molar-refractivity contribution < 1.29 is 38.6 Å². The highest BCUT2D eigenvalue weighted by Crippen LogP contribution is 2.42. The van der Waals surface area contributed by atoms with Gasteiger partial charge in [-0.2, -0.15) is 0 Å². The summed E-state index contributed by atoms with van der Waals surface area (Å²) in [5.41, 5.74) is 0. The molecular weight excluding hydrogens is 544 g/mol. The quantitative estimate of drug-likeness (QED) is 0.175. The van der Waals surface area contributed by atoms with Gasteiger partial charge in [-0.15, -0.1) is 0 Å². The van der Waals surface area contributed by atoms with Gasteiger partial charge in [-0.3, -0.25) is 24.1 Å². The van der Waals surface area contributed by atoms with Crippen LogP contribution in [-0.4, -0.2) is 78.5 Å². The van der Waals surface area contributed by atoms with Crippen molar-refractivity contribution in [2.45, 2.75) is 35.3 Å². The van der Waals surface area contributed by atoms with Crippen molar-refractivity contribution in [3.05, 3.63) is 70.5 Å². The van der Waals surface area contributed by atoms with Crippen LogP contribution in [0.5, 0.6) is 0 Å². The lowest BCUT2D eigenvalue weighted by atomic mass is 10.2. The third kappa shape index (κ3) is 9.06. The van der Waals surface area contributed by atoms with E-state index < -0.39 is 30.4 Å². The van der Waals surface area contributed by atoms with E-state index in [0.29, 0.717) is 16.1 Å². The molecule has 0 aliphatic carbocycles. The van der Waals surface area contributed by atoms with E-state index in [1.54, 1.807) is 0 Å². The molecule has 0 fully saturated rings. The van der Waals surface area contributed by atoms with Gasteiger partial charge in [0.2, 0.25) is 5.91 Å². The van der Waals surface area contributed by atoms with Crippen LogP contribution in [0.4, 0.5) is 0 Å². The molecule has 0 aromatic heterocycles. The molecule has 0 spiro atoms. The van der Waals surface area contributed by atoms with Crippen LogP contribution in [0.2, 0.25) is 0 Å². The Labute approximate surface area is 234 Å². The summed E-state index contributed by atoms with van der Waals surface area (Å²) in [4.78, 5) is 63.7. The third-order valence-electron chi connectivity index (χ3n) is 5.32. The van der Waals surface area contributed by atoms with Crippen molar-refractivity contribution in [3.8, 4) is 0 Å². The van der Waals surface area contributed by atoms with Gasteiger partial charge in [0.1, 0.15) is 12.4 Å². The predicted molar refractivity (Wildman–Crippen MR) is 145 cm³/mol. The van der Waals surface area contributed by atoms with Gasteiger partial charge in [0.15, 0.2) is 0 Å². The topological polar surface area (TPSA) is 139 Å². The number of aldehydes is 1. The molecule has 12 heteroatoms. The van der Waals surface area contributed by atoms with Crippen LogP contribution in [0.3, 0.4) is 0 Å². The third-order valence-corrected chi connectivity index (χ3v) is 7.63. The van der Waals surface area contributed by atoms with E-state index in [0.717, 1.165) is 14.7 Å². The second-order valence-corrected chi connectivity index (χ2v) is 10.4. The summed E-state index contributed by atoms with van der Waals surface area (Å²) in [6.07, 6.45) is -1.11. The fourth-order valence-corrected chi connectivity index (χ4v) is 5.43. The molecule has 2 atom stereocenters. The number of aliphatic carboxylic acids is 1. The molecule has 1 aliphatic heterocycles. The first-order chi connectivity index (χ1) is 18.8. The number of rotatable bonds is 16. The molecule has 1 heterocycles. The predicted octanol–water partition coefficient (Wildman–Crippen LogP) is 2.73. The maximum Gasteiger partial charge on any atom is 0.305 e. The van der Waals surface area contributed by atoms with E-state index >= 15 is 0 Å². The van der Waals surface area contributed by atoms with Crippen LogP contribution in [-0.2, 0) is 33.4 Å². The lowest BCUT2D eigenvalue weighted by molar-refractivity contribution is -0.141. The van der Waals surface area contributed by atoms with Gasteiger partial charge in [-0.25, -0.2) is 0 Å². The van der Waals surface area contributed by atoms with Crippen molar-refractivity contribution in [2.24, 2.45) is 0 Å². The fraction of sp³-hybridized carbons (Fsp3) is 0.296. The first-order valence-corrected chi connectivity index (χ1v) is 13.7. The van der Waals surface area contributed by atoms with E-state index in [9.17, 15) is 24.0 Å². The average Bonchev–Trinajstić information content (AvgIpc) is 3.14. The molecule has 2 unspecified atom stereocenters. The maximum absolute atomic E-state index is 13.2. The first kappa shape index (κ1) is 30.1. The minimum Gasteiger partial charge on any atom is -0.481 e. The van der Waals surface area contributed by atoms with Crippen molar-refractivity contribution >= 4 is 53.5 Å². The number of ether oxygens (including phenoxy) is 2. The smallest absolute Gasteiger partial charge is 0.305 e. The molecule has 1 aliphatic rings. The monoisotopic (exact) mass is 572 g/mol. The number of imide groups is 1. The highest BCUT2D eigenvalue weighted by Gasteiger charge is 2.39. The van der Waals surface area contributed by atoms with Gasteiger partial charge in [0.05, 0.1) is 48.6 Å². The van der Waals surface area contributed by atoms with Gasteiger partial charge in [-0.05, 0) is 31.2 Å². The van der Waals surface area contributed by atoms with Gasteiger partial charge < -0.3 is 24.7 Å². The Balaban J connectivity index is 1.49. The zero-order valence-electron chi connectivity index (χ0n) is 21.1. The fourth-order valence-electron chi connectivity index (χ4n) is 3.37. The van der Waals surface area contributed by atoms with E-state index in [4.69, 9.17) is 14.6 Å². The van der Waals surface area contributed by atoms with Gasteiger partial charge in [0, 0.05) is 9.79 Å². The SMILES string of the molecule is CC(OCCOCCN1C(=O)C(Sc2ccccc2)=C(Sc2ccccc2)C1=O)C(=O)NC(C=O)CC(=O)O. The second kappa shape index (κ2) is 15.2. The molecule has 0 bridgehead atoms. The molecule has 0 saturated carbocycles. The summed E-state index contributed by atoms with van der Waals surface area (Å²) in [6.45, 7) is 1.69. The molecule has 10 nitrogen and oxygen atoms in total. The lowest BCUT2D eigenvalue weighted by Crippen LogP contribution is -2.43. The largest absolute Gasteiger partial charge is 0.481 e. The number of nitrogens with one attached hydrogen (secondary N) is 1. The first-order valence-electron chi connectivity index (χ1n) is 12.0. The van der Waals surface area contributed by atoms with Crippen LogP contribution in [0.25, 0.3) is 0 Å². The molecule has 0 saturated heterocycles. The van der Waals surface area contributed by atoms with E-state index in [-0.39, 0.29) is 38.2 Å². The number of hydrogen-bond donors (Lipinski definition) is 2. The Bertz CT molecular complexity index is 1140. The minimum atomic E-state index is -1.21. The van der Waals surface area contributed by atoms with E-state index in [1.807, 2.05) is 60.7 Å². The Morgan fingerprint density at radius 3 is 1.95 bits per heavy atom. The molecule has 3 amide bonds. The number of hydrogen-bond acceptors (Lipinski definition) is 9. The minimum absolute atomic E-state index is 0.0314. The van der Waals surface area contributed by atoms with E-state index in [1.165, 1.54) is 30.4 Å². The van der Waals surface area contributed by atoms with Crippen LogP contribution in [0.1, 0.15) is 13.3 Å². The van der Waals surface area contributed by atoms with Gasteiger partial charge in [0.25, 0.3) is 11.8 Å². The zero-order valence-corrected chi connectivity index (χ0v) is 22.7. The molecule has 2 N–H and O–H groups in total. The van der Waals surface area contributed by atoms with Gasteiger partial charge >= 0.3 is 5.97 Å². The zero-order chi connectivity index (χ0) is 28.2. The van der Waals surface area contributed by atoms with Gasteiger partial charge in [-0.1, -0.05) is 59.9 Å². The number of nitrogens with zero attached hydrogens (tertiary/aromatic N) is 1. The highest BCUT2D eigenvalue weighted by molar-refractivity contribution is 8.08. The van der Waals surface area contributed by atoms with Crippen molar-refractivity contribution in [1.82, 2.24) is 10.2 Å². The van der Waals surface area contributed by atoms with E-state index in [2.05, 4.69) is 5.32 Å². The Kier molecular flexibility index (Phi) is 11.7. The maximum atomic E-state index is 13.2. The van der Waals surface area contributed by atoms with Crippen LogP contribution in [0, 0.1) is 0 Å². The van der Waals surface area contributed by atoms with Crippen LogP contribution >= 0.6 is 23.5 Å². The second-order valence-electron chi connectivity index (χ2n) is 8.22. The number of carboxylic acids is 1. The molecular formula is C27H28N2O8S2. The van der Waals surface area contributed by atoms with Crippen molar-refractivity contribution in [3.63, 3.8) is 0 Å². The number of carbonyl (C=O) groups excluding carboxylic acids is 4. The highest BCUT2D eigenvalue weighted by atomic mass is 32.2. The molecule has 2 aromatic rings. The number of carboxylic acid groups (broad SMARTS) is 1. The molecule has 2 aromatic carbocycles. The normalized spacial score (nSPS) is 14.8. The molecule has 206 valence electrons. The van der Waals surface area contributed by atoms with Crippen molar-refractivity contribution in [2.75, 3.05) is 26.4 Å². The average molecular weight is 573 g/mol. The molecule has 0 radical (unpaired) electrons. The summed E-state index contributed by atoms with van der Waals surface area (Å²) in [6, 6.07) is 17.6. The van der Waals surface area contributed by atoms with Crippen LogP contribution < -0.4 is 5.32 Å². The lowest BCUT2D eigenvalue weighted by Gasteiger charge is -2.17. The van der Waals surface area contributed by atoms with Crippen LogP contribution in [0.15, 0.2) is 80.3 Å². The Morgan fingerprint density at radius 2 is 1.46 bits per heavy atom. The standard InChI is InChI=1S/C27H28N2O8S2/c1-18(25(33)28-19(17-30)16-22(31)32)37-15-14-36-13-12-29-26(34)23(38-20-8-4-2-5-9-20)24(27(29)35)39-21-10-6-3-7-11-21/h2-11,17-19H,12-16H2,1H3,(H,28,33)(H,31,32). The Morgan fingerprint density at radius 1 is 0.923 bits per heavy atom. The van der Waals surface area contributed by atoms with Crippen molar-refractivity contribution in [1.29, 1.82) is 0 Å². The summed E-state index contributed by atoms with van der Waals surface area (Å²) >= 11 is 2.50. The summed E-state index contributed by atoms with van der Waals surface area (Å²) in [7, 11) is 0. The number of amides is 3. The molecule has 3 rings (SSSR count). The summed E-state index contributed by atoms with van der Waals surface area (Å²) in [5, 5.41) is 11.1. The Hall–Kier alpha value is -3.45. The number of carbonyl (C=O) groups is 5. The summed E-state index contributed by atoms with van der Waals surface area (Å²) < 4.78 is 10.9. The summed E-state index contributed by atoms with van der Waals surface area (Å²) in [5.74, 6) is -2.61. The molecule has 39 heavy (non-hydrogen) atoms. The number of thioether (sulfide) groups is 2. The number of benzene rings is 2.